The Hall–Kier alpha value is -2.38. The van der Waals surface area contributed by atoms with Crippen molar-refractivity contribution in [2.75, 3.05) is 11.9 Å². The minimum absolute atomic E-state index is 0.121. The lowest BCUT2D eigenvalue weighted by atomic mass is 10.1. The molecule has 3 aromatic rings. The Morgan fingerprint density at radius 2 is 2.30 bits per heavy atom. The van der Waals surface area contributed by atoms with Crippen molar-refractivity contribution in [3.63, 3.8) is 0 Å². The van der Waals surface area contributed by atoms with Gasteiger partial charge in [0.25, 0.3) is 0 Å². The van der Waals surface area contributed by atoms with Gasteiger partial charge in [-0.25, -0.2) is 4.98 Å². The number of thiophene rings is 1. The Labute approximate surface area is 166 Å². The SMILES string of the molecule is CCOc1cc2c(cc1NC(=O)Cc1csc(-c3ccsc3)n1)OC(C)C2. The Balaban J connectivity index is 1.49. The summed E-state index contributed by atoms with van der Waals surface area (Å²) in [5.74, 6) is 1.37. The molecule has 1 atom stereocenters. The second-order valence-corrected chi connectivity index (χ2v) is 8.04. The van der Waals surface area contributed by atoms with E-state index in [4.69, 9.17) is 9.47 Å². The minimum Gasteiger partial charge on any atom is -0.492 e. The summed E-state index contributed by atoms with van der Waals surface area (Å²) in [6.45, 7) is 4.50. The van der Waals surface area contributed by atoms with Crippen molar-refractivity contribution in [3.05, 3.63) is 45.6 Å². The van der Waals surface area contributed by atoms with Crippen LogP contribution in [0.15, 0.2) is 34.3 Å². The van der Waals surface area contributed by atoms with Gasteiger partial charge in [0.1, 0.15) is 22.6 Å². The molecule has 1 N–H and O–H groups in total. The van der Waals surface area contributed by atoms with E-state index in [9.17, 15) is 4.79 Å². The van der Waals surface area contributed by atoms with Crippen molar-refractivity contribution in [3.8, 4) is 22.1 Å². The van der Waals surface area contributed by atoms with Gasteiger partial charge < -0.3 is 14.8 Å². The molecule has 0 spiro atoms. The van der Waals surface area contributed by atoms with Crippen LogP contribution in [0.25, 0.3) is 10.6 Å². The minimum atomic E-state index is -0.121. The van der Waals surface area contributed by atoms with E-state index in [1.54, 1.807) is 22.7 Å². The molecule has 0 saturated carbocycles. The van der Waals surface area contributed by atoms with Crippen LogP contribution >= 0.6 is 22.7 Å². The molecule has 0 bridgehead atoms. The zero-order valence-corrected chi connectivity index (χ0v) is 16.8. The Bertz CT molecular complexity index is 950. The molecule has 3 heterocycles. The molecule has 1 amide bonds. The zero-order chi connectivity index (χ0) is 18.8. The first kappa shape index (κ1) is 18.0. The second-order valence-electron chi connectivity index (χ2n) is 6.40. The number of benzene rings is 1. The molecule has 0 fully saturated rings. The fourth-order valence-electron chi connectivity index (χ4n) is 3.08. The van der Waals surface area contributed by atoms with E-state index < -0.39 is 0 Å². The standard InChI is InChI=1S/C20H20N2O3S2/c1-3-24-18-7-14-6-12(2)25-17(14)9-16(18)22-19(23)8-15-11-27-20(21-15)13-4-5-26-10-13/h4-5,7,9-12H,3,6,8H2,1-2H3,(H,22,23). The molecule has 1 aliphatic heterocycles. The highest BCUT2D eigenvalue weighted by molar-refractivity contribution is 7.14. The highest BCUT2D eigenvalue weighted by Gasteiger charge is 2.22. The average Bonchev–Trinajstić information content (AvgIpc) is 3.35. The molecule has 0 saturated heterocycles. The molecule has 1 unspecified atom stereocenters. The maximum atomic E-state index is 12.6. The van der Waals surface area contributed by atoms with E-state index in [2.05, 4.69) is 15.7 Å². The predicted molar refractivity (Wildman–Crippen MR) is 109 cm³/mol. The third-order valence-electron chi connectivity index (χ3n) is 4.23. The number of nitrogens with one attached hydrogen (secondary N) is 1. The summed E-state index contributed by atoms with van der Waals surface area (Å²) in [5.41, 5.74) is 3.62. The highest BCUT2D eigenvalue weighted by Crippen LogP contribution is 2.38. The van der Waals surface area contributed by atoms with Gasteiger partial charge in [0.05, 0.1) is 24.4 Å². The fraction of sp³-hybridized carbons (Fsp3) is 0.300. The number of nitrogens with zero attached hydrogens (tertiary/aromatic N) is 1. The molecule has 7 heteroatoms. The summed E-state index contributed by atoms with van der Waals surface area (Å²) in [7, 11) is 0. The van der Waals surface area contributed by atoms with E-state index in [0.717, 1.165) is 34.0 Å². The Morgan fingerprint density at radius 1 is 1.41 bits per heavy atom. The molecule has 0 aliphatic carbocycles. The summed E-state index contributed by atoms with van der Waals surface area (Å²) in [6, 6.07) is 5.86. The van der Waals surface area contributed by atoms with Crippen LogP contribution < -0.4 is 14.8 Å². The third-order valence-corrected chi connectivity index (χ3v) is 5.86. The van der Waals surface area contributed by atoms with Crippen LogP contribution in [0.3, 0.4) is 0 Å². The van der Waals surface area contributed by atoms with Gasteiger partial charge in [-0.05, 0) is 31.4 Å². The van der Waals surface area contributed by atoms with E-state index in [-0.39, 0.29) is 18.4 Å². The first-order chi connectivity index (χ1) is 13.1. The van der Waals surface area contributed by atoms with Gasteiger partial charge in [-0.1, -0.05) is 0 Å². The lowest BCUT2D eigenvalue weighted by molar-refractivity contribution is -0.115. The number of hydrogen-bond acceptors (Lipinski definition) is 6. The van der Waals surface area contributed by atoms with Crippen LogP contribution in [0.4, 0.5) is 5.69 Å². The number of carbonyl (C=O) groups excluding carboxylic acids is 1. The van der Waals surface area contributed by atoms with E-state index >= 15 is 0 Å². The highest BCUT2D eigenvalue weighted by atomic mass is 32.1. The number of ether oxygens (including phenoxy) is 2. The van der Waals surface area contributed by atoms with Crippen LogP contribution in [0.1, 0.15) is 25.1 Å². The average molecular weight is 401 g/mol. The maximum absolute atomic E-state index is 12.6. The van der Waals surface area contributed by atoms with Gasteiger partial charge in [0.2, 0.25) is 5.91 Å². The zero-order valence-electron chi connectivity index (χ0n) is 15.2. The topological polar surface area (TPSA) is 60.5 Å². The smallest absolute Gasteiger partial charge is 0.230 e. The lowest BCUT2D eigenvalue weighted by Crippen LogP contribution is -2.15. The summed E-state index contributed by atoms with van der Waals surface area (Å²) < 4.78 is 11.5. The number of thiazole rings is 1. The normalized spacial score (nSPS) is 15.3. The molecular weight excluding hydrogens is 380 g/mol. The fourth-order valence-corrected chi connectivity index (χ4v) is 4.61. The van der Waals surface area contributed by atoms with Gasteiger partial charge in [-0.15, -0.1) is 11.3 Å². The second kappa shape index (κ2) is 7.70. The van der Waals surface area contributed by atoms with Gasteiger partial charge >= 0.3 is 0 Å². The molecular formula is C20H20N2O3S2. The van der Waals surface area contributed by atoms with Crippen LogP contribution in [0, 0.1) is 0 Å². The summed E-state index contributed by atoms with van der Waals surface area (Å²) in [6.07, 6.45) is 1.22. The summed E-state index contributed by atoms with van der Waals surface area (Å²) >= 11 is 3.19. The van der Waals surface area contributed by atoms with Crippen molar-refractivity contribution < 1.29 is 14.3 Å². The Morgan fingerprint density at radius 3 is 3.07 bits per heavy atom. The number of carbonyl (C=O) groups is 1. The van der Waals surface area contributed by atoms with Gasteiger partial charge in [-0.3, -0.25) is 4.79 Å². The van der Waals surface area contributed by atoms with Crippen LogP contribution in [-0.2, 0) is 17.6 Å². The number of rotatable bonds is 6. The summed E-state index contributed by atoms with van der Waals surface area (Å²) in [4.78, 5) is 17.1. The number of aromatic nitrogens is 1. The van der Waals surface area contributed by atoms with Gasteiger partial charge in [-0.2, -0.15) is 11.3 Å². The number of hydrogen-bond donors (Lipinski definition) is 1. The molecule has 5 nitrogen and oxygen atoms in total. The van der Waals surface area contributed by atoms with Crippen molar-refractivity contribution in [2.45, 2.75) is 32.8 Å². The lowest BCUT2D eigenvalue weighted by Gasteiger charge is -2.13. The molecule has 1 aromatic carbocycles. The number of anilines is 1. The third kappa shape index (κ3) is 3.99. The van der Waals surface area contributed by atoms with Crippen LogP contribution in [-0.4, -0.2) is 23.6 Å². The van der Waals surface area contributed by atoms with Crippen LogP contribution in [0.2, 0.25) is 0 Å². The summed E-state index contributed by atoms with van der Waals surface area (Å²) in [5, 5.41) is 9.91. The molecule has 0 radical (unpaired) electrons. The maximum Gasteiger partial charge on any atom is 0.230 e. The van der Waals surface area contributed by atoms with Crippen LogP contribution in [0.5, 0.6) is 11.5 Å². The van der Waals surface area contributed by atoms with Crippen molar-refractivity contribution in [1.29, 1.82) is 0 Å². The largest absolute Gasteiger partial charge is 0.492 e. The van der Waals surface area contributed by atoms with E-state index in [1.165, 1.54) is 0 Å². The van der Waals surface area contributed by atoms with Crippen molar-refractivity contribution in [2.24, 2.45) is 0 Å². The molecule has 140 valence electrons. The van der Waals surface area contributed by atoms with E-state index in [1.807, 2.05) is 42.8 Å². The Kier molecular flexibility index (Phi) is 5.13. The monoisotopic (exact) mass is 400 g/mol. The molecule has 1 aliphatic rings. The van der Waals surface area contributed by atoms with E-state index in [0.29, 0.717) is 18.0 Å². The van der Waals surface area contributed by atoms with Gasteiger partial charge in [0.15, 0.2) is 0 Å². The first-order valence-electron chi connectivity index (χ1n) is 8.85. The quantitative estimate of drug-likeness (QED) is 0.647. The first-order valence-corrected chi connectivity index (χ1v) is 10.7. The van der Waals surface area contributed by atoms with Crippen molar-refractivity contribution >= 4 is 34.3 Å². The molecule has 27 heavy (non-hydrogen) atoms. The number of fused-ring (bicyclic) bond motifs is 1. The van der Waals surface area contributed by atoms with Crippen molar-refractivity contribution in [1.82, 2.24) is 4.98 Å². The predicted octanol–water partition coefficient (Wildman–Crippen LogP) is 4.77. The molecule has 4 rings (SSSR count). The van der Waals surface area contributed by atoms with Gasteiger partial charge in [0, 0.05) is 34.4 Å². The molecule has 2 aromatic heterocycles. The number of amides is 1.